The van der Waals surface area contributed by atoms with Crippen LogP contribution in [-0.2, 0) is 19.6 Å². The molecule has 4 rings (SSSR count). The van der Waals surface area contributed by atoms with Crippen molar-refractivity contribution in [2.45, 2.75) is 26.6 Å². The lowest BCUT2D eigenvalue weighted by Gasteiger charge is -2.20. The van der Waals surface area contributed by atoms with E-state index in [-0.39, 0.29) is 0 Å². The van der Waals surface area contributed by atoms with E-state index in [9.17, 15) is 0 Å². The summed E-state index contributed by atoms with van der Waals surface area (Å²) in [6.07, 6.45) is 0. The van der Waals surface area contributed by atoms with Crippen LogP contribution in [0.4, 0.5) is 0 Å². The molecule has 3 nitrogen and oxygen atoms in total. The van der Waals surface area contributed by atoms with Crippen LogP contribution in [-0.4, -0.2) is 31.8 Å². The summed E-state index contributed by atoms with van der Waals surface area (Å²) in [7, 11) is 4.48. The maximum Gasteiger partial charge on any atom is 0.127 e. The Morgan fingerprint density at radius 3 is 2.14 bits per heavy atom. The molecule has 29 heavy (non-hydrogen) atoms. The number of nitrogens with zero attached hydrogens (tertiary/aromatic N) is 1. The smallest absolute Gasteiger partial charge is 0.127 e. The minimum absolute atomic E-state index is 1.00. The van der Waals surface area contributed by atoms with E-state index in [2.05, 4.69) is 98.4 Å². The Morgan fingerprint density at radius 1 is 0.690 bits per heavy atom. The highest BCUT2D eigenvalue weighted by Crippen LogP contribution is 2.29. The van der Waals surface area contributed by atoms with Gasteiger partial charge in [-0.05, 0) is 25.1 Å². The molecule has 0 radical (unpaired) electrons. The molecule has 0 saturated heterocycles. The van der Waals surface area contributed by atoms with Crippen molar-refractivity contribution in [1.82, 2.24) is 4.57 Å². The number of hydrogen-bond donors (Lipinski definition) is 2. The molecule has 150 valence electrons. The fourth-order valence-electron chi connectivity index (χ4n) is 4.39. The predicted octanol–water partition coefficient (Wildman–Crippen LogP) is 2.54. The monoisotopic (exact) mass is 387 g/mol. The highest BCUT2D eigenvalue weighted by atomic mass is 15.2. The number of nitrogens with one attached hydrogen (secondary N) is 2. The molecular formula is C26H33N3+2. The van der Waals surface area contributed by atoms with Crippen LogP contribution >= 0.6 is 0 Å². The largest absolute Gasteiger partial charge is 0.341 e. The molecule has 0 amide bonds. The van der Waals surface area contributed by atoms with Crippen LogP contribution in [0.25, 0.3) is 21.8 Å². The summed E-state index contributed by atoms with van der Waals surface area (Å²) in [5.41, 5.74) is 5.53. The summed E-state index contributed by atoms with van der Waals surface area (Å²) in [4.78, 5) is 3.13. The lowest BCUT2D eigenvalue weighted by molar-refractivity contribution is -0.960. The molecule has 4 aromatic rings. The molecular weight excluding hydrogens is 354 g/mol. The normalized spacial score (nSPS) is 12.8. The first-order valence-electron chi connectivity index (χ1n) is 10.8. The van der Waals surface area contributed by atoms with Gasteiger partial charge in [-0.3, -0.25) is 0 Å². The molecule has 1 unspecified atom stereocenters. The maximum atomic E-state index is 2.43. The van der Waals surface area contributed by atoms with E-state index in [1.165, 1.54) is 50.9 Å². The van der Waals surface area contributed by atoms with Crippen molar-refractivity contribution in [2.75, 3.05) is 27.2 Å². The molecule has 0 aliphatic carbocycles. The molecule has 3 aromatic carbocycles. The zero-order valence-electron chi connectivity index (χ0n) is 17.9. The molecule has 1 atom stereocenters. The SMILES string of the molecule is CCn1c2ccccc2c2cc(C[NH+](CC[NH+](C)C)Cc3ccccc3)ccc21. The molecule has 2 N–H and O–H groups in total. The van der Waals surface area contributed by atoms with E-state index >= 15 is 0 Å². The zero-order valence-corrected chi connectivity index (χ0v) is 17.9. The van der Waals surface area contributed by atoms with Crippen molar-refractivity contribution >= 4 is 21.8 Å². The Hall–Kier alpha value is -2.62. The summed E-state index contributed by atoms with van der Waals surface area (Å²) in [5.74, 6) is 0. The van der Waals surface area contributed by atoms with Gasteiger partial charge in [-0.1, -0.05) is 54.6 Å². The average Bonchev–Trinajstić information content (AvgIpc) is 3.06. The average molecular weight is 388 g/mol. The Morgan fingerprint density at radius 2 is 1.38 bits per heavy atom. The fraction of sp³-hybridized carbons (Fsp3) is 0.308. The van der Waals surface area contributed by atoms with Crippen molar-refractivity contribution in [3.8, 4) is 0 Å². The van der Waals surface area contributed by atoms with Crippen LogP contribution in [0.3, 0.4) is 0 Å². The van der Waals surface area contributed by atoms with Gasteiger partial charge in [-0.15, -0.1) is 0 Å². The Bertz CT molecular complexity index is 1080. The van der Waals surface area contributed by atoms with Crippen LogP contribution in [0.2, 0.25) is 0 Å². The quantitative estimate of drug-likeness (QED) is 0.462. The van der Waals surface area contributed by atoms with Gasteiger partial charge in [0.25, 0.3) is 0 Å². The third-order valence-electron chi connectivity index (χ3n) is 5.88. The number of likely N-dealkylation sites (N-methyl/N-ethyl adjacent to an activating group) is 1. The summed E-state index contributed by atoms with van der Waals surface area (Å²) in [6.45, 7) is 7.72. The highest BCUT2D eigenvalue weighted by molar-refractivity contribution is 6.08. The Labute approximate surface area is 174 Å². The summed E-state index contributed by atoms with van der Waals surface area (Å²) >= 11 is 0. The van der Waals surface area contributed by atoms with Gasteiger partial charge < -0.3 is 14.4 Å². The molecule has 0 spiro atoms. The molecule has 0 saturated carbocycles. The minimum atomic E-state index is 1.00. The number of aryl methyl sites for hydroxylation is 1. The predicted molar refractivity (Wildman–Crippen MR) is 122 cm³/mol. The van der Waals surface area contributed by atoms with Crippen molar-refractivity contribution in [3.05, 3.63) is 83.9 Å². The minimum Gasteiger partial charge on any atom is -0.341 e. The van der Waals surface area contributed by atoms with Gasteiger partial charge in [0.05, 0.1) is 14.1 Å². The molecule has 1 aromatic heterocycles. The topological polar surface area (TPSA) is 13.8 Å². The van der Waals surface area contributed by atoms with Gasteiger partial charge in [0, 0.05) is 39.5 Å². The molecule has 0 fully saturated rings. The number of benzene rings is 3. The van der Waals surface area contributed by atoms with Gasteiger partial charge in [0.2, 0.25) is 0 Å². The van der Waals surface area contributed by atoms with E-state index in [0.29, 0.717) is 0 Å². The van der Waals surface area contributed by atoms with Gasteiger partial charge >= 0.3 is 0 Å². The lowest BCUT2D eigenvalue weighted by Crippen LogP contribution is -3.16. The Kier molecular flexibility index (Phi) is 5.98. The maximum absolute atomic E-state index is 2.43. The van der Waals surface area contributed by atoms with Crippen molar-refractivity contribution < 1.29 is 9.80 Å². The number of quaternary nitrogens is 2. The van der Waals surface area contributed by atoms with Crippen LogP contribution in [0.5, 0.6) is 0 Å². The fourth-order valence-corrected chi connectivity index (χ4v) is 4.39. The summed E-state index contributed by atoms with van der Waals surface area (Å²) in [5, 5.41) is 2.76. The second kappa shape index (κ2) is 8.81. The van der Waals surface area contributed by atoms with E-state index in [4.69, 9.17) is 0 Å². The first-order chi connectivity index (χ1) is 14.2. The molecule has 0 aliphatic heterocycles. The van der Waals surface area contributed by atoms with Crippen LogP contribution in [0.1, 0.15) is 18.1 Å². The number of para-hydroxylation sites is 1. The molecule has 3 heteroatoms. The molecule has 1 heterocycles. The van der Waals surface area contributed by atoms with Gasteiger partial charge in [-0.2, -0.15) is 0 Å². The summed E-state index contributed by atoms with van der Waals surface area (Å²) < 4.78 is 2.43. The van der Waals surface area contributed by atoms with Crippen molar-refractivity contribution in [3.63, 3.8) is 0 Å². The van der Waals surface area contributed by atoms with Crippen molar-refractivity contribution in [1.29, 1.82) is 0 Å². The van der Waals surface area contributed by atoms with Crippen LogP contribution in [0.15, 0.2) is 72.8 Å². The van der Waals surface area contributed by atoms with Gasteiger partial charge in [-0.25, -0.2) is 0 Å². The number of fused-ring (bicyclic) bond motifs is 3. The molecule has 0 aliphatic rings. The van der Waals surface area contributed by atoms with Crippen LogP contribution in [0, 0.1) is 0 Å². The lowest BCUT2D eigenvalue weighted by atomic mass is 10.1. The van der Waals surface area contributed by atoms with Gasteiger partial charge in [0.15, 0.2) is 0 Å². The number of hydrogen-bond acceptors (Lipinski definition) is 0. The second-order valence-corrected chi connectivity index (χ2v) is 8.41. The molecule has 0 bridgehead atoms. The summed E-state index contributed by atoms with van der Waals surface area (Å²) in [6, 6.07) is 26.8. The number of rotatable bonds is 8. The third kappa shape index (κ3) is 4.36. The van der Waals surface area contributed by atoms with Gasteiger partial charge in [0.1, 0.15) is 26.2 Å². The Balaban J connectivity index is 1.65. The van der Waals surface area contributed by atoms with E-state index in [1.807, 2.05) is 0 Å². The highest BCUT2D eigenvalue weighted by Gasteiger charge is 2.15. The first kappa shape index (κ1) is 19.7. The van der Waals surface area contributed by atoms with E-state index in [0.717, 1.165) is 19.6 Å². The standard InChI is InChI=1S/C26H31N3/c1-4-29-25-13-9-8-12-23(25)24-18-22(14-15-26(24)29)20-28(17-16-27(2)3)19-21-10-6-5-7-11-21/h5-15,18H,4,16-17,19-20H2,1-3H3/p+2. The van der Waals surface area contributed by atoms with E-state index < -0.39 is 0 Å². The van der Waals surface area contributed by atoms with Crippen molar-refractivity contribution in [2.24, 2.45) is 0 Å². The third-order valence-corrected chi connectivity index (χ3v) is 5.88. The van der Waals surface area contributed by atoms with Crippen LogP contribution < -0.4 is 9.80 Å². The van der Waals surface area contributed by atoms with E-state index in [1.54, 1.807) is 4.90 Å². The second-order valence-electron chi connectivity index (χ2n) is 8.41. The first-order valence-corrected chi connectivity index (χ1v) is 10.8. The number of aromatic nitrogens is 1. The zero-order chi connectivity index (χ0) is 20.2.